The first kappa shape index (κ1) is 16.2. The van der Waals surface area contributed by atoms with Crippen LogP contribution in [-0.4, -0.2) is 23.4 Å². The van der Waals surface area contributed by atoms with Gasteiger partial charge in [-0.1, -0.05) is 35.0 Å². The summed E-state index contributed by atoms with van der Waals surface area (Å²) in [6, 6.07) is 10.9. The minimum absolute atomic E-state index is 0.467. The predicted octanol–water partition coefficient (Wildman–Crippen LogP) is 3.77. The molecule has 1 N–H and O–H groups in total. The number of benzene rings is 1. The van der Waals surface area contributed by atoms with Crippen LogP contribution >= 0.6 is 15.9 Å². The van der Waals surface area contributed by atoms with E-state index < -0.39 is 0 Å². The SMILES string of the molecule is CCc1cc(CC(CNC)c2ccc(Br)cc2)n(CC)n1. The van der Waals surface area contributed by atoms with Crippen molar-refractivity contribution in [1.82, 2.24) is 15.1 Å². The maximum atomic E-state index is 4.66. The number of halogens is 1. The predicted molar refractivity (Wildman–Crippen MR) is 91.8 cm³/mol. The molecule has 2 rings (SSSR count). The van der Waals surface area contributed by atoms with E-state index in [2.05, 4.69) is 75.2 Å². The summed E-state index contributed by atoms with van der Waals surface area (Å²) in [5.41, 5.74) is 3.89. The molecule has 0 aliphatic rings. The van der Waals surface area contributed by atoms with Gasteiger partial charge in [0, 0.05) is 29.2 Å². The number of rotatable bonds is 7. The third kappa shape index (κ3) is 4.17. The summed E-state index contributed by atoms with van der Waals surface area (Å²) in [4.78, 5) is 0. The highest BCUT2D eigenvalue weighted by Crippen LogP contribution is 2.23. The van der Waals surface area contributed by atoms with Crippen molar-refractivity contribution in [3.8, 4) is 0 Å². The molecule has 0 amide bonds. The summed E-state index contributed by atoms with van der Waals surface area (Å²) in [7, 11) is 2.01. The zero-order chi connectivity index (χ0) is 15.2. The molecule has 1 aromatic heterocycles. The van der Waals surface area contributed by atoms with E-state index >= 15 is 0 Å². The van der Waals surface area contributed by atoms with Crippen LogP contribution in [-0.2, 0) is 19.4 Å². The van der Waals surface area contributed by atoms with Crippen molar-refractivity contribution < 1.29 is 0 Å². The van der Waals surface area contributed by atoms with E-state index in [9.17, 15) is 0 Å². The minimum Gasteiger partial charge on any atom is -0.319 e. The Morgan fingerprint density at radius 3 is 2.52 bits per heavy atom. The van der Waals surface area contributed by atoms with Crippen LogP contribution in [0.3, 0.4) is 0 Å². The third-order valence-electron chi connectivity index (χ3n) is 3.82. The van der Waals surface area contributed by atoms with Gasteiger partial charge in [0.1, 0.15) is 0 Å². The van der Waals surface area contributed by atoms with E-state index in [0.29, 0.717) is 5.92 Å². The molecule has 0 radical (unpaired) electrons. The Bertz CT molecular complexity index is 560. The molecule has 2 aromatic rings. The quantitative estimate of drug-likeness (QED) is 0.824. The molecule has 4 heteroatoms. The van der Waals surface area contributed by atoms with E-state index in [1.165, 1.54) is 17.0 Å². The number of hydrogen-bond donors (Lipinski definition) is 1. The van der Waals surface area contributed by atoms with Crippen LogP contribution in [0.25, 0.3) is 0 Å². The summed E-state index contributed by atoms with van der Waals surface area (Å²) in [6.07, 6.45) is 2.01. The number of aryl methyl sites for hydroxylation is 2. The van der Waals surface area contributed by atoms with Crippen molar-refractivity contribution in [2.75, 3.05) is 13.6 Å². The first-order valence-electron chi connectivity index (χ1n) is 7.63. The molecule has 0 aliphatic heterocycles. The fraction of sp³-hybridized carbons (Fsp3) is 0.471. The van der Waals surface area contributed by atoms with Crippen molar-refractivity contribution in [1.29, 1.82) is 0 Å². The monoisotopic (exact) mass is 349 g/mol. The molecule has 0 saturated heterocycles. The highest BCUT2D eigenvalue weighted by molar-refractivity contribution is 9.10. The molecule has 1 heterocycles. The molecule has 114 valence electrons. The summed E-state index contributed by atoms with van der Waals surface area (Å²) < 4.78 is 3.27. The van der Waals surface area contributed by atoms with Crippen molar-refractivity contribution in [2.45, 2.75) is 39.2 Å². The molecule has 1 atom stereocenters. The van der Waals surface area contributed by atoms with E-state index in [-0.39, 0.29) is 0 Å². The van der Waals surface area contributed by atoms with Gasteiger partial charge in [0.05, 0.1) is 5.69 Å². The lowest BCUT2D eigenvalue weighted by Crippen LogP contribution is -2.20. The Kier molecular flexibility index (Phi) is 6.00. The standard InChI is InChI=1S/C17H24BrN3/c1-4-16-11-17(21(5-2)20-16)10-14(12-19-3)13-6-8-15(18)9-7-13/h6-9,11,14,19H,4-5,10,12H2,1-3H3. The van der Waals surface area contributed by atoms with Gasteiger partial charge >= 0.3 is 0 Å². The maximum Gasteiger partial charge on any atom is 0.0624 e. The van der Waals surface area contributed by atoms with Gasteiger partial charge in [0.25, 0.3) is 0 Å². The van der Waals surface area contributed by atoms with E-state index in [0.717, 1.165) is 30.4 Å². The average molecular weight is 350 g/mol. The summed E-state index contributed by atoms with van der Waals surface area (Å²) in [6.45, 7) is 6.22. The lowest BCUT2D eigenvalue weighted by Gasteiger charge is -2.17. The first-order chi connectivity index (χ1) is 10.2. The summed E-state index contributed by atoms with van der Waals surface area (Å²) >= 11 is 3.51. The molecule has 0 bridgehead atoms. The lowest BCUT2D eigenvalue weighted by molar-refractivity contribution is 0.562. The molecule has 1 aromatic carbocycles. The van der Waals surface area contributed by atoms with Crippen LogP contribution in [0, 0.1) is 0 Å². The molecule has 0 fully saturated rings. The molecular formula is C17H24BrN3. The van der Waals surface area contributed by atoms with Gasteiger partial charge in [-0.25, -0.2) is 0 Å². The minimum atomic E-state index is 0.467. The van der Waals surface area contributed by atoms with Crippen LogP contribution in [0.15, 0.2) is 34.8 Å². The van der Waals surface area contributed by atoms with Gasteiger partial charge in [-0.15, -0.1) is 0 Å². The Hall–Kier alpha value is -1.13. The van der Waals surface area contributed by atoms with Gasteiger partial charge < -0.3 is 5.32 Å². The van der Waals surface area contributed by atoms with Crippen LogP contribution in [0.5, 0.6) is 0 Å². The van der Waals surface area contributed by atoms with Crippen molar-refractivity contribution in [3.05, 3.63) is 51.8 Å². The van der Waals surface area contributed by atoms with Crippen molar-refractivity contribution >= 4 is 15.9 Å². The van der Waals surface area contributed by atoms with E-state index in [1.807, 2.05) is 7.05 Å². The number of nitrogens with zero attached hydrogens (tertiary/aromatic N) is 2. The molecule has 3 nitrogen and oxygen atoms in total. The second-order valence-corrected chi connectivity index (χ2v) is 6.22. The van der Waals surface area contributed by atoms with Gasteiger partial charge in [-0.3, -0.25) is 4.68 Å². The molecule has 0 saturated carbocycles. The fourth-order valence-corrected chi connectivity index (χ4v) is 2.93. The molecular weight excluding hydrogens is 326 g/mol. The van der Waals surface area contributed by atoms with E-state index in [1.54, 1.807) is 0 Å². The Morgan fingerprint density at radius 1 is 1.24 bits per heavy atom. The number of aromatic nitrogens is 2. The summed E-state index contributed by atoms with van der Waals surface area (Å²) in [5.74, 6) is 0.467. The van der Waals surface area contributed by atoms with Gasteiger partial charge in [-0.05, 0) is 50.6 Å². The van der Waals surface area contributed by atoms with Gasteiger partial charge in [-0.2, -0.15) is 5.10 Å². The number of nitrogens with one attached hydrogen (secondary N) is 1. The fourth-order valence-electron chi connectivity index (χ4n) is 2.67. The average Bonchev–Trinajstić information content (AvgIpc) is 2.90. The third-order valence-corrected chi connectivity index (χ3v) is 4.35. The van der Waals surface area contributed by atoms with Gasteiger partial charge in [0.2, 0.25) is 0 Å². The molecule has 0 aliphatic carbocycles. The normalized spacial score (nSPS) is 12.6. The Labute approximate surface area is 135 Å². The smallest absolute Gasteiger partial charge is 0.0624 e. The van der Waals surface area contributed by atoms with Crippen LogP contribution in [0.1, 0.15) is 36.7 Å². The van der Waals surface area contributed by atoms with Crippen LogP contribution in [0.2, 0.25) is 0 Å². The van der Waals surface area contributed by atoms with Crippen LogP contribution < -0.4 is 5.32 Å². The molecule has 1 unspecified atom stereocenters. The first-order valence-corrected chi connectivity index (χ1v) is 8.42. The Balaban J connectivity index is 2.23. The number of likely N-dealkylation sites (N-methyl/N-ethyl adjacent to an activating group) is 1. The van der Waals surface area contributed by atoms with Gasteiger partial charge in [0.15, 0.2) is 0 Å². The lowest BCUT2D eigenvalue weighted by atomic mass is 9.94. The molecule has 21 heavy (non-hydrogen) atoms. The number of hydrogen-bond acceptors (Lipinski definition) is 2. The molecule has 0 spiro atoms. The summed E-state index contributed by atoms with van der Waals surface area (Å²) in [5, 5.41) is 7.97. The second-order valence-electron chi connectivity index (χ2n) is 5.31. The largest absolute Gasteiger partial charge is 0.319 e. The zero-order valence-corrected chi connectivity index (χ0v) is 14.7. The highest BCUT2D eigenvalue weighted by Gasteiger charge is 2.15. The van der Waals surface area contributed by atoms with Crippen molar-refractivity contribution in [2.24, 2.45) is 0 Å². The highest BCUT2D eigenvalue weighted by atomic mass is 79.9. The van der Waals surface area contributed by atoms with Crippen molar-refractivity contribution in [3.63, 3.8) is 0 Å². The maximum absolute atomic E-state index is 4.66. The van der Waals surface area contributed by atoms with E-state index in [4.69, 9.17) is 0 Å². The zero-order valence-electron chi connectivity index (χ0n) is 13.1. The van der Waals surface area contributed by atoms with Crippen LogP contribution in [0.4, 0.5) is 0 Å². The second kappa shape index (κ2) is 7.76. The Morgan fingerprint density at radius 2 is 1.95 bits per heavy atom. The topological polar surface area (TPSA) is 29.9 Å².